The molecular formula is C25H26N4O. The molecule has 4 rings (SSSR count). The van der Waals surface area contributed by atoms with Gasteiger partial charge in [-0.05, 0) is 64.4 Å². The van der Waals surface area contributed by atoms with Gasteiger partial charge >= 0.3 is 0 Å². The maximum Gasteiger partial charge on any atom is 0.251 e. The fourth-order valence-corrected chi connectivity index (χ4v) is 4.11. The summed E-state index contributed by atoms with van der Waals surface area (Å²) in [4.78, 5) is 12.6. The molecule has 152 valence electrons. The van der Waals surface area contributed by atoms with Gasteiger partial charge in [0.2, 0.25) is 0 Å². The Morgan fingerprint density at radius 1 is 0.800 bits per heavy atom. The SMILES string of the molecule is Cc1ccc(CNC(=O)c2ccc(-n3c(C)c4c(C)nnc(C)c4c3C)cc2)cc1. The minimum atomic E-state index is -0.0756. The van der Waals surface area contributed by atoms with Crippen molar-refractivity contribution in [1.29, 1.82) is 0 Å². The molecule has 1 N–H and O–H groups in total. The monoisotopic (exact) mass is 398 g/mol. The summed E-state index contributed by atoms with van der Waals surface area (Å²) in [7, 11) is 0. The Labute approximate surface area is 176 Å². The molecule has 0 atom stereocenters. The highest BCUT2D eigenvalue weighted by atomic mass is 16.1. The molecule has 4 aromatic rings. The minimum absolute atomic E-state index is 0.0756. The molecule has 0 bridgehead atoms. The van der Waals surface area contributed by atoms with Gasteiger partial charge < -0.3 is 9.88 Å². The van der Waals surface area contributed by atoms with E-state index in [9.17, 15) is 4.79 Å². The van der Waals surface area contributed by atoms with Gasteiger partial charge in [0.15, 0.2) is 0 Å². The van der Waals surface area contributed by atoms with E-state index in [2.05, 4.69) is 53.0 Å². The number of amides is 1. The van der Waals surface area contributed by atoms with Crippen LogP contribution in [0, 0.1) is 34.6 Å². The highest BCUT2D eigenvalue weighted by molar-refractivity contribution is 5.95. The van der Waals surface area contributed by atoms with Crippen molar-refractivity contribution in [2.45, 2.75) is 41.2 Å². The summed E-state index contributed by atoms with van der Waals surface area (Å²) in [5, 5.41) is 13.9. The van der Waals surface area contributed by atoms with Crippen molar-refractivity contribution in [2.24, 2.45) is 0 Å². The largest absolute Gasteiger partial charge is 0.348 e. The average molecular weight is 399 g/mol. The van der Waals surface area contributed by atoms with E-state index < -0.39 is 0 Å². The zero-order valence-corrected chi connectivity index (χ0v) is 18.1. The number of nitrogens with one attached hydrogen (secondary N) is 1. The minimum Gasteiger partial charge on any atom is -0.348 e. The highest BCUT2D eigenvalue weighted by Crippen LogP contribution is 2.31. The van der Waals surface area contributed by atoms with Crippen LogP contribution in [0.3, 0.4) is 0 Å². The van der Waals surface area contributed by atoms with Crippen molar-refractivity contribution in [3.05, 3.63) is 88.0 Å². The van der Waals surface area contributed by atoms with E-state index in [0.29, 0.717) is 12.1 Å². The van der Waals surface area contributed by atoms with Gasteiger partial charge in [0.05, 0.1) is 11.4 Å². The Kier molecular flexibility index (Phi) is 5.12. The van der Waals surface area contributed by atoms with Crippen LogP contribution in [0.4, 0.5) is 0 Å². The molecule has 0 fully saturated rings. The molecule has 0 aliphatic carbocycles. The molecule has 5 heteroatoms. The van der Waals surface area contributed by atoms with Crippen LogP contribution in [0.25, 0.3) is 16.5 Å². The Bertz CT molecular complexity index is 1190. The first-order valence-corrected chi connectivity index (χ1v) is 10.1. The van der Waals surface area contributed by atoms with Crippen molar-refractivity contribution >= 4 is 16.7 Å². The molecule has 0 unspecified atom stereocenters. The van der Waals surface area contributed by atoms with Crippen LogP contribution in [-0.4, -0.2) is 20.7 Å². The zero-order valence-electron chi connectivity index (χ0n) is 18.1. The van der Waals surface area contributed by atoms with Gasteiger partial charge in [0.25, 0.3) is 5.91 Å². The molecule has 0 saturated heterocycles. The van der Waals surface area contributed by atoms with Gasteiger partial charge in [-0.3, -0.25) is 4.79 Å². The van der Waals surface area contributed by atoms with Crippen molar-refractivity contribution in [2.75, 3.05) is 0 Å². The highest BCUT2D eigenvalue weighted by Gasteiger charge is 2.17. The van der Waals surface area contributed by atoms with Crippen LogP contribution >= 0.6 is 0 Å². The Balaban J connectivity index is 1.59. The Hall–Kier alpha value is -3.47. The number of hydrogen-bond donors (Lipinski definition) is 1. The molecule has 0 spiro atoms. The molecule has 0 aliphatic heterocycles. The second kappa shape index (κ2) is 7.75. The predicted octanol–water partition coefficient (Wildman–Crippen LogP) is 4.89. The fraction of sp³-hybridized carbons (Fsp3) is 0.240. The molecule has 5 nitrogen and oxygen atoms in total. The lowest BCUT2D eigenvalue weighted by Crippen LogP contribution is -2.22. The van der Waals surface area contributed by atoms with Gasteiger partial charge in [-0.1, -0.05) is 29.8 Å². The van der Waals surface area contributed by atoms with Crippen molar-refractivity contribution in [3.63, 3.8) is 0 Å². The summed E-state index contributed by atoms with van der Waals surface area (Å²) in [5.74, 6) is -0.0756. The predicted molar refractivity (Wildman–Crippen MR) is 120 cm³/mol. The lowest BCUT2D eigenvalue weighted by Gasteiger charge is -2.11. The third-order valence-corrected chi connectivity index (χ3v) is 5.68. The Morgan fingerprint density at radius 3 is 1.87 bits per heavy atom. The van der Waals surface area contributed by atoms with Gasteiger partial charge in [0, 0.05) is 40.0 Å². The summed E-state index contributed by atoms with van der Waals surface area (Å²) in [6.07, 6.45) is 0. The van der Waals surface area contributed by atoms with E-state index in [4.69, 9.17) is 0 Å². The summed E-state index contributed by atoms with van der Waals surface area (Å²) < 4.78 is 2.21. The zero-order chi connectivity index (χ0) is 21.4. The summed E-state index contributed by atoms with van der Waals surface area (Å²) in [6, 6.07) is 15.9. The van der Waals surface area contributed by atoms with Crippen molar-refractivity contribution in [1.82, 2.24) is 20.1 Å². The second-order valence-corrected chi connectivity index (χ2v) is 7.84. The third kappa shape index (κ3) is 3.47. The Morgan fingerprint density at radius 2 is 1.33 bits per heavy atom. The molecule has 1 amide bonds. The van der Waals surface area contributed by atoms with Gasteiger partial charge in [0.1, 0.15) is 0 Å². The topological polar surface area (TPSA) is 59.8 Å². The normalized spacial score (nSPS) is 11.1. The van der Waals surface area contributed by atoms with Gasteiger partial charge in [-0.25, -0.2) is 0 Å². The molecule has 0 radical (unpaired) electrons. The first-order chi connectivity index (χ1) is 14.4. The number of aryl methyl sites for hydroxylation is 5. The molecule has 0 aliphatic rings. The van der Waals surface area contributed by atoms with Crippen LogP contribution in [-0.2, 0) is 6.54 Å². The molecule has 0 saturated carbocycles. The van der Waals surface area contributed by atoms with E-state index in [1.807, 2.05) is 50.2 Å². The third-order valence-electron chi connectivity index (χ3n) is 5.68. The van der Waals surface area contributed by atoms with E-state index in [-0.39, 0.29) is 5.91 Å². The van der Waals surface area contributed by atoms with E-state index in [0.717, 1.165) is 44.8 Å². The van der Waals surface area contributed by atoms with Crippen LogP contribution in [0.15, 0.2) is 48.5 Å². The van der Waals surface area contributed by atoms with Gasteiger partial charge in [-0.2, -0.15) is 10.2 Å². The smallest absolute Gasteiger partial charge is 0.251 e. The maximum absolute atomic E-state index is 12.6. The first-order valence-electron chi connectivity index (χ1n) is 10.1. The number of carbonyl (C=O) groups excluding carboxylic acids is 1. The lowest BCUT2D eigenvalue weighted by molar-refractivity contribution is 0.0951. The number of carbonyl (C=O) groups is 1. The van der Waals surface area contributed by atoms with Crippen LogP contribution in [0.5, 0.6) is 0 Å². The fourth-order valence-electron chi connectivity index (χ4n) is 4.11. The van der Waals surface area contributed by atoms with Crippen LogP contribution < -0.4 is 5.32 Å². The van der Waals surface area contributed by atoms with Crippen LogP contribution in [0.2, 0.25) is 0 Å². The number of hydrogen-bond acceptors (Lipinski definition) is 3. The molecular weight excluding hydrogens is 372 g/mol. The van der Waals surface area contributed by atoms with Crippen molar-refractivity contribution in [3.8, 4) is 5.69 Å². The van der Waals surface area contributed by atoms with E-state index >= 15 is 0 Å². The summed E-state index contributed by atoms with van der Waals surface area (Å²) in [6.45, 7) is 10.8. The number of aromatic nitrogens is 3. The number of benzene rings is 2. The lowest BCUT2D eigenvalue weighted by atomic mass is 10.1. The van der Waals surface area contributed by atoms with E-state index in [1.54, 1.807) is 0 Å². The number of rotatable bonds is 4. The summed E-state index contributed by atoms with van der Waals surface area (Å²) in [5.41, 5.74) is 8.10. The number of nitrogens with zero attached hydrogens (tertiary/aromatic N) is 3. The van der Waals surface area contributed by atoms with Gasteiger partial charge in [-0.15, -0.1) is 0 Å². The maximum atomic E-state index is 12.6. The quantitative estimate of drug-likeness (QED) is 0.532. The molecule has 2 aromatic carbocycles. The molecule has 2 aromatic heterocycles. The number of fused-ring (bicyclic) bond motifs is 1. The van der Waals surface area contributed by atoms with Crippen molar-refractivity contribution < 1.29 is 4.79 Å². The van der Waals surface area contributed by atoms with E-state index in [1.165, 1.54) is 5.56 Å². The first kappa shape index (κ1) is 19.8. The average Bonchev–Trinajstić information content (AvgIpc) is 3.02. The standard InChI is InChI=1S/C25H26N4O/c1-15-6-8-20(9-7-15)14-26-25(30)21-10-12-22(13-11-21)29-18(4)23-16(2)27-28-17(3)24(23)19(29)5/h6-13H,14H2,1-5H3,(H,26,30). The second-order valence-electron chi connectivity index (χ2n) is 7.84. The molecule has 30 heavy (non-hydrogen) atoms. The summed E-state index contributed by atoms with van der Waals surface area (Å²) >= 11 is 0. The molecule has 2 heterocycles. The van der Waals surface area contributed by atoms with Crippen LogP contribution in [0.1, 0.15) is 44.3 Å².